The van der Waals surface area contributed by atoms with Gasteiger partial charge in [0.1, 0.15) is 5.78 Å². The Bertz CT molecular complexity index is 261. The lowest BCUT2D eigenvalue weighted by atomic mass is 9.96. The highest BCUT2D eigenvalue weighted by atomic mass is 16.2. The fourth-order valence-electron chi connectivity index (χ4n) is 2.34. The number of carbonyl (C=O) groups excluding carboxylic acids is 2. The van der Waals surface area contributed by atoms with E-state index in [1.165, 1.54) is 0 Å². The van der Waals surface area contributed by atoms with Gasteiger partial charge in [-0.1, -0.05) is 13.8 Å². The number of ketones is 1. The third-order valence-corrected chi connectivity index (χ3v) is 3.05. The second-order valence-corrected chi connectivity index (χ2v) is 5.24. The maximum atomic E-state index is 12.0. The SMILES string of the molecule is CC(=O)CC1CCCCN1C(=O)CC(C)C. The zero-order valence-electron chi connectivity index (χ0n) is 10.7. The van der Waals surface area contributed by atoms with Gasteiger partial charge in [0.15, 0.2) is 0 Å². The summed E-state index contributed by atoms with van der Waals surface area (Å²) < 4.78 is 0. The van der Waals surface area contributed by atoms with E-state index in [1.54, 1.807) is 6.92 Å². The number of nitrogens with zero attached hydrogens (tertiary/aromatic N) is 1. The molecule has 16 heavy (non-hydrogen) atoms. The maximum Gasteiger partial charge on any atom is 0.223 e. The van der Waals surface area contributed by atoms with Crippen LogP contribution in [0.3, 0.4) is 0 Å². The minimum atomic E-state index is 0.164. The van der Waals surface area contributed by atoms with E-state index in [9.17, 15) is 9.59 Å². The van der Waals surface area contributed by atoms with Gasteiger partial charge in [0.2, 0.25) is 5.91 Å². The van der Waals surface area contributed by atoms with Crippen molar-refractivity contribution in [2.45, 2.75) is 58.9 Å². The van der Waals surface area contributed by atoms with Crippen LogP contribution in [0.4, 0.5) is 0 Å². The lowest BCUT2D eigenvalue weighted by molar-refractivity contribution is -0.136. The summed E-state index contributed by atoms with van der Waals surface area (Å²) >= 11 is 0. The number of piperidine rings is 1. The van der Waals surface area contributed by atoms with Crippen LogP contribution in [-0.2, 0) is 9.59 Å². The summed E-state index contributed by atoms with van der Waals surface area (Å²) in [5.74, 6) is 0.808. The van der Waals surface area contributed by atoms with Crippen molar-refractivity contribution in [3.8, 4) is 0 Å². The highest BCUT2D eigenvalue weighted by Crippen LogP contribution is 2.21. The Morgan fingerprint density at radius 2 is 2.00 bits per heavy atom. The standard InChI is InChI=1S/C13H23NO2/c1-10(2)8-13(16)14-7-5-4-6-12(14)9-11(3)15/h10,12H,4-9H2,1-3H3. The maximum absolute atomic E-state index is 12.0. The Morgan fingerprint density at radius 1 is 1.31 bits per heavy atom. The molecule has 0 aliphatic carbocycles. The van der Waals surface area contributed by atoms with Crippen LogP contribution in [-0.4, -0.2) is 29.2 Å². The van der Waals surface area contributed by atoms with Crippen LogP contribution < -0.4 is 0 Å². The number of amides is 1. The number of likely N-dealkylation sites (tertiary alicyclic amines) is 1. The number of hydrogen-bond acceptors (Lipinski definition) is 2. The molecule has 0 saturated carbocycles. The Balaban J connectivity index is 2.58. The Kier molecular flexibility index (Phi) is 4.97. The number of Topliss-reactive ketones (excluding diaryl/α,β-unsaturated/α-hetero) is 1. The second kappa shape index (κ2) is 6.02. The Morgan fingerprint density at radius 3 is 2.56 bits per heavy atom. The molecule has 0 N–H and O–H groups in total. The third-order valence-electron chi connectivity index (χ3n) is 3.05. The lowest BCUT2D eigenvalue weighted by Gasteiger charge is -2.35. The fourth-order valence-corrected chi connectivity index (χ4v) is 2.34. The van der Waals surface area contributed by atoms with Gasteiger partial charge in [0, 0.05) is 25.4 Å². The average molecular weight is 225 g/mol. The molecular weight excluding hydrogens is 202 g/mol. The van der Waals surface area contributed by atoms with Crippen molar-refractivity contribution in [3.05, 3.63) is 0 Å². The van der Waals surface area contributed by atoms with Crippen molar-refractivity contribution in [2.75, 3.05) is 6.54 Å². The Labute approximate surface area is 98.2 Å². The minimum absolute atomic E-state index is 0.164. The topological polar surface area (TPSA) is 37.4 Å². The van der Waals surface area contributed by atoms with E-state index in [2.05, 4.69) is 13.8 Å². The van der Waals surface area contributed by atoms with E-state index in [0.717, 1.165) is 25.8 Å². The first-order valence-electron chi connectivity index (χ1n) is 6.29. The van der Waals surface area contributed by atoms with Crippen molar-refractivity contribution in [1.82, 2.24) is 4.90 Å². The summed E-state index contributed by atoms with van der Waals surface area (Å²) in [6, 6.07) is 0.164. The summed E-state index contributed by atoms with van der Waals surface area (Å²) in [5.41, 5.74) is 0. The molecule has 0 radical (unpaired) electrons. The third kappa shape index (κ3) is 3.95. The minimum Gasteiger partial charge on any atom is -0.339 e. The molecule has 1 unspecified atom stereocenters. The van der Waals surface area contributed by atoms with Gasteiger partial charge in [-0.3, -0.25) is 9.59 Å². The van der Waals surface area contributed by atoms with E-state index in [-0.39, 0.29) is 17.7 Å². The van der Waals surface area contributed by atoms with E-state index in [0.29, 0.717) is 18.8 Å². The molecule has 1 amide bonds. The van der Waals surface area contributed by atoms with Gasteiger partial charge in [0.05, 0.1) is 0 Å². The number of hydrogen-bond donors (Lipinski definition) is 0. The molecule has 0 bridgehead atoms. The quantitative estimate of drug-likeness (QED) is 0.736. The second-order valence-electron chi connectivity index (χ2n) is 5.24. The van der Waals surface area contributed by atoms with Crippen LogP contribution in [0.1, 0.15) is 52.9 Å². The summed E-state index contributed by atoms with van der Waals surface area (Å²) in [7, 11) is 0. The first-order chi connectivity index (χ1) is 7.50. The highest BCUT2D eigenvalue weighted by molar-refractivity contribution is 5.79. The van der Waals surface area contributed by atoms with Crippen molar-refractivity contribution < 1.29 is 9.59 Å². The molecule has 1 saturated heterocycles. The molecular formula is C13H23NO2. The molecule has 1 fully saturated rings. The molecule has 3 nitrogen and oxygen atoms in total. The van der Waals surface area contributed by atoms with Crippen LogP contribution in [0.2, 0.25) is 0 Å². The summed E-state index contributed by atoms with van der Waals surface area (Å²) in [4.78, 5) is 25.1. The predicted molar refractivity (Wildman–Crippen MR) is 64.1 cm³/mol. The van der Waals surface area contributed by atoms with Crippen molar-refractivity contribution >= 4 is 11.7 Å². The monoisotopic (exact) mass is 225 g/mol. The van der Waals surface area contributed by atoms with Crippen LogP contribution in [0, 0.1) is 5.92 Å². The van der Waals surface area contributed by atoms with E-state index in [1.807, 2.05) is 4.90 Å². The molecule has 1 heterocycles. The van der Waals surface area contributed by atoms with Gasteiger partial charge < -0.3 is 4.90 Å². The summed E-state index contributed by atoms with van der Waals surface area (Å²) in [5, 5.41) is 0. The van der Waals surface area contributed by atoms with Gasteiger partial charge in [0.25, 0.3) is 0 Å². The van der Waals surface area contributed by atoms with E-state index in [4.69, 9.17) is 0 Å². The fraction of sp³-hybridized carbons (Fsp3) is 0.846. The van der Waals surface area contributed by atoms with Gasteiger partial charge in [-0.15, -0.1) is 0 Å². The normalized spacial score (nSPS) is 21.2. The van der Waals surface area contributed by atoms with Crippen LogP contribution in [0.15, 0.2) is 0 Å². The highest BCUT2D eigenvalue weighted by Gasteiger charge is 2.27. The average Bonchev–Trinajstić information content (AvgIpc) is 2.16. The molecule has 0 spiro atoms. The van der Waals surface area contributed by atoms with Gasteiger partial charge in [-0.2, -0.15) is 0 Å². The van der Waals surface area contributed by atoms with Crippen molar-refractivity contribution in [2.24, 2.45) is 5.92 Å². The molecule has 1 rings (SSSR count). The smallest absolute Gasteiger partial charge is 0.223 e. The summed E-state index contributed by atoms with van der Waals surface area (Å²) in [6.45, 7) is 6.56. The molecule has 1 aliphatic rings. The van der Waals surface area contributed by atoms with Crippen molar-refractivity contribution in [3.63, 3.8) is 0 Å². The first-order valence-corrected chi connectivity index (χ1v) is 6.29. The van der Waals surface area contributed by atoms with Crippen LogP contribution in [0.25, 0.3) is 0 Å². The van der Waals surface area contributed by atoms with Crippen LogP contribution in [0.5, 0.6) is 0 Å². The Hall–Kier alpha value is -0.860. The van der Waals surface area contributed by atoms with Crippen LogP contribution >= 0.6 is 0 Å². The zero-order valence-corrected chi connectivity index (χ0v) is 10.7. The molecule has 1 aliphatic heterocycles. The largest absolute Gasteiger partial charge is 0.339 e. The number of carbonyl (C=O) groups is 2. The molecule has 0 aromatic carbocycles. The van der Waals surface area contributed by atoms with Gasteiger partial charge in [-0.25, -0.2) is 0 Å². The first kappa shape index (κ1) is 13.2. The lowest BCUT2D eigenvalue weighted by Crippen LogP contribution is -2.44. The molecule has 0 aromatic rings. The van der Waals surface area contributed by atoms with Gasteiger partial charge in [-0.05, 0) is 32.1 Å². The molecule has 0 aromatic heterocycles. The summed E-state index contributed by atoms with van der Waals surface area (Å²) in [6.07, 6.45) is 4.35. The van der Waals surface area contributed by atoms with E-state index < -0.39 is 0 Å². The molecule has 92 valence electrons. The number of rotatable bonds is 4. The predicted octanol–water partition coefficient (Wildman–Crippen LogP) is 2.39. The molecule has 3 heteroatoms. The van der Waals surface area contributed by atoms with Crippen molar-refractivity contribution in [1.29, 1.82) is 0 Å². The zero-order chi connectivity index (χ0) is 12.1. The van der Waals surface area contributed by atoms with E-state index >= 15 is 0 Å². The van der Waals surface area contributed by atoms with Gasteiger partial charge >= 0.3 is 0 Å². The molecule has 1 atom stereocenters.